The molecule has 2 rings (SSSR count). The summed E-state index contributed by atoms with van der Waals surface area (Å²) in [5, 5.41) is 2.48. The van der Waals surface area contributed by atoms with E-state index in [1.54, 1.807) is 0 Å². The minimum absolute atomic E-state index is 1.12. The first-order chi connectivity index (χ1) is 5.36. The van der Waals surface area contributed by atoms with E-state index < -0.39 is 0 Å². The number of halogens is 1. The van der Waals surface area contributed by atoms with Crippen molar-refractivity contribution < 1.29 is 0 Å². The summed E-state index contributed by atoms with van der Waals surface area (Å²) in [5.74, 6) is 0. The Labute approximate surface area is 74.0 Å². The van der Waals surface area contributed by atoms with Crippen LogP contribution in [0, 0.1) is 6.07 Å². The number of benzene rings is 2. The number of hydrogen-bond donors (Lipinski definition) is 0. The second kappa shape index (κ2) is 2.67. The molecule has 0 bridgehead atoms. The molecule has 0 aliphatic carbocycles. The first kappa shape index (κ1) is 6.86. The minimum Gasteiger partial charge on any atom is -0.0538 e. The molecule has 53 valence electrons. The fraction of sp³-hybridized carbons (Fsp3) is 0. The number of fused-ring (bicyclic) bond motifs is 1. The molecule has 2 aromatic rings. The number of hydrogen-bond acceptors (Lipinski definition) is 0. The molecule has 1 radical (unpaired) electrons. The average Bonchev–Trinajstić information content (AvgIpc) is 2.04. The maximum atomic E-state index is 3.42. The molecule has 0 nitrogen and oxygen atoms in total. The molecule has 0 amide bonds. The van der Waals surface area contributed by atoms with Gasteiger partial charge in [0.05, 0.1) is 0 Å². The first-order valence-corrected chi connectivity index (χ1v) is 4.21. The zero-order valence-electron chi connectivity index (χ0n) is 5.84. The predicted molar refractivity (Wildman–Crippen MR) is 50.5 cm³/mol. The van der Waals surface area contributed by atoms with Crippen LogP contribution in [0.3, 0.4) is 0 Å². The normalized spacial score (nSPS) is 10.3. The van der Waals surface area contributed by atoms with Gasteiger partial charge in [-0.1, -0.05) is 34.1 Å². The van der Waals surface area contributed by atoms with Crippen LogP contribution in [-0.2, 0) is 0 Å². The lowest BCUT2D eigenvalue weighted by molar-refractivity contribution is 1.70. The minimum atomic E-state index is 1.12. The van der Waals surface area contributed by atoms with Crippen molar-refractivity contribution in [2.24, 2.45) is 0 Å². The van der Waals surface area contributed by atoms with E-state index in [0.29, 0.717) is 0 Å². The Morgan fingerprint density at radius 2 is 2.00 bits per heavy atom. The standard InChI is InChI=1S/C10H6Br/c11-10-6-5-8-3-1-2-4-9(8)7-10/h1,3-7H. The van der Waals surface area contributed by atoms with Gasteiger partial charge in [0, 0.05) is 4.47 Å². The highest BCUT2D eigenvalue weighted by Gasteiger charge is 1.90. The Bertz CT molecular complexity index is 379. The van der Waals surface area contributed by atoms with Gasteiger partial charge in [-0.3, -0.25) is 0 Å². The summed E-state index contributed by atoms with van der Waals surface area (Å²) >= 11 is 3.42. The van der Waals surface area contributed by atoms with E-state index in [1.165, 1.54) is 10.8 Å². The third-order valence-corrected chi connectivity index (χ3v) is 2.14. The monoisotopic (exact) mass is 205 g/mol. The third kappa shape index (κ3) is 1.29. The molecule has 0 aromatic heterocycles. The molecule has 11 heavy (non-hydrogen) atoms. The highest BCUT2D eigenvalue weighted by atomic mass is 79.9. The Hall–Kier alpha value is -0.820. The Kier molecular flexibility index (Phi) is 1.66. The summed E-state index contributed by atoms with van der Waals surface area (Å²) in [6.45, 7) is 0. The van der Waals surface area contributed by atoms with E-state index in [0.717, 1.165) is 4.47 Å². The van der Waals surface area contributed by atoms with Gasteiger partial charge in [0.25, 0.3) is 0 Å². The molecule has 0 aliphatic heterocycles. The van der Waals surface area contributed by atoms with Crippen molar-refractivity contribution in [1.29, 1.82) is 0 Å². The summed E-state index contributed by atoms with van der Waals surface area (Å²) in [4.78, 5) is 0. The summed E-state index contributed by atoms with van der Waals surface area (Å²) < 4.78 is 1.12. The molecule has 0 atom stereocenters. The van der Waals surface area contributed by atoms with Crippen molar-refractivity contribution >= 4 is 26.7 Å². The maximum Gasteiger partial charge on any atom is 0.0181 e. The van der Waals surface area contributed by atoms with E-state index in [4.69, 9.17) is 0 Å². The van der Waals surface area contributed by atoms with Gasteiger partial charge >= 0.3 is 0 Å². The van der Waals surface area contributed by atoms with Crippen molar-refractivity contribution in [2.75, 3.05) is 0 Å². The zero-order chi connectivity index (χ0) is 7.68. The first-order valence-electron chi connectivity index (χ1n) is 3.42. The highest BCUT2D eigenvalue weighted by molar-refractivity contribution is 9.10. The van der Waals surface area contributed by atoms with E-state index >= 15 is 0 Å². The van der Waals surface area contributed by atoms with Gasteiger partial charge in [-0.25, -0.2) is 0 Å². The number of rotatable bonds is 0. The van der Waals surface area contributed by atoms with Crippen LogP contribution in [0.4, 0.5) is 0 Å². The van der Waals surface area contributed by atoms with Crippen molar-refractivity contribution in [3.05, 3.63) is 46.9 Å². The van der Waals surface area contributed by atoms with Crippen LogP contribution in [0.5, 0.6) is 0 Å². The zero-order valence-corrected chi connectivity index (χ0v) is 7.43. The van der Waals surface area contributed by atoms with Gasteiger partial charge in [0.1, 0.15) is 0 Å². The second-order valence-electron chi connectivity index (χ2n) is 2.42. The van der Waals surface area contributed by atoms with E-state index in [2.05, 4.69) is 40.2 Å². The highest BCUT2D eigenvalue weighted by Crippen LogP contribution is 2.18. The lowest BCUT2D eigenvalue weighted by atomic mass is 10.1. The van der Waals surface area contributed by atoms with Gasteiger partial charge in [0.15, 0.2) is 0 Å². The summed E-state index contributed by atoms with van der Waals surface area (Å²) in [7, 11) is 0. The largest absolute Gasteiger partial charge is 0.0538 e. The van der Waals surface area contributed by atoms with Gasteiger partial charge in [0.2, 0.25) is 0 Å². The molecule has 0 saturated carbocycles. The van der Waals surface area contributed by atoms with Crippen LogP contribution in [0.25, 0.3) is 10.8 Å². The molecule has 1 heteroatoms. The summed E-state index contributed by atoms with van der Waals surface area (Å²) in [5.41, 5.74) is 0. The molecule has 0 unspecified atom stereocenters. The van der Waals surface area contributed by atoms with Crippen LogP contribution in [0.1, 0.15) is 0 Å². The summed E-state index contributed by atoms with van der Waals surface area (Å²) in [6.07, 6.45) is 0. The Morgan fingerprint density at radius 1 is 1.09 bits per heavy atom. The summed E-state index contributed by atoms with van der Waals surface area (Å²) in [6, 6.07) is 15.2. The maximum absolute atomic E-state index is 3.42. The van der Waals surface area contributed by atoms with E-state index in [1.807, 2.05) is 18.2 Å². The molecule has 0 spiro atoms. The van der Waals surface area contributed by atoms with Gasteiger partial charge < -0.3 is 0 Å². The van der Waals surface area contributed by atoms with Crippen molar-refractivity contribution in [3.63, 3.8) is 0 Å². The smallest absolute Gasteiger partial charge is 0.0181 e. The predicted octanol–water partition coefficient (Wildman–Crippen LogP) is 3.40. The van der Waals surface area contributed by atoms with Crippen molar-refractivity contribution in [1.82, 2.24) is 0 Å². The lowest BCUT2D eigenvalue weighted by Gasteiger charge is -1.95. The Balaban J connectivity index is 2.83. The third-order valence-electron chi connectivity index (χ3n) is 1.65. The quantitative estimate of drug-likeness (QED) is 0.619. The van der Waals surface area contributed by atoms with Crippen LogP contribution in [-0.4, -0.2) is 0 Å². The average molecular weight is 206 g/mol. The second-order valence-corrected chi connectivity index (χ2v) is 3.33. The Morgan fingerprint density at radius 3 is 2.91 bits per heavy atom. The van der Waals surface area contributed by atoms with Gasteiger partial charge in [-0.2, -0.15) is 0 Å². The van der Waals surface area contributed by atoms with Crippen LogP contribution >= 0.6 is 15.9 Å². The van der Waals surface area contributed by atoms with Crippen molar-refractivity contribution in [3.8, 4) is 0 Å². The van der Waals surface area contributed by atoms with Crippen molar-refractivity contribution in [2.45, 2.75) is 0 Å². The molecule has 0 heterocycles. The molecule has 2 aromatic carbocycles. The van der Waals surface area contributed by atoms with Gasteiger partial charge in [-0.15, -0.1) is 0 Å². The topological polar surface area (TPSA) is 0 Å². The molecule has 0 fully saturated rings. The van der Waals surface area contributed by atoms with E-state index in [9.17, 15) is 0 Å². The SMILES string of the molecule is Brc1ccc2cc[c]cc2c1. The van der Waals surface area contributed by atoms with E-state index in [-0.39, 0.29) is 0 Å². The van der Waals surface area contributed by atoms with Crippen LogP contribution in [0.15, 0.2) is 40.9 Å². The van der Waals surface area contributed by atoms with Crippen LogP contribution in [0.2, 0.25) is 0 Å². The van der Waals surface area contributed by atoms with Crippen LogP contribution < -0.4 is 0 Å². The molecule has 0 saturated heterocycles. The fourth-order valence-corrected chi connectivity index (χ4v) is 1.48. The molecular weight excluding hydrogens is 200 g/mol. The molecule has 0 N–H and O–H groups in total. The molecule has 0 aliphatic rings. The molecular formula is C10H6Br. The lowest BCUT2D eigenvalue weighted by Crippen LogP contribution is -1.70. The van der Waals surface area contributed by atoms with Gasteiger partial charge in [-0.05, 0) is 35.0 Å². The fourth-order valence-electron chi connectivity index (χ4n) is 1.10.